The molecule has 1 nitrogen and oxygen atoms in total. The van der Waals surface area contributed by atoms with E-state index in [1.807, 2.05) is 11.3 Å². The van der Waals surface area contributed by atoms with Crippen LogP contribution in [0.2, 0.25) is 0 Å². The first kappa shape index (κ1) is 9.69. The summed E-state index contributed by atoms with van der Waals surface area (Å²) in [5, 5.41) is 5.59. The lowest BCUT2D eigenvalue weighted by atomic mass is 10.0. The van der Waals surface area contributed by atoms with E-state index in [0.717, 1.165) is 5.92 Å². The Hall–Kier alpha value is 0.140. The van der Waals surface area contributed by atoms with E-state index < -0.39 is 0 Å². The van der Waals surface area contributed by atoms with Gasteiger partial charge in [0.1, 0.15) is 0 Å². The minimum absolute atomic E-state index is 0.690. The van der Waals surface area contributed by atoms with Crippen LogP contribution in [-0.4, -0.2) is 13.1 Å². The molecule has 0 spiro atoms. The number of likely N-dealkylation sites (N-methyl/N-ethyl adjacent to an activating group) is 1. The van der Waals surface area contributed by atoms with Crippen LogP contribution in [0.25, 0.3) is 0 Å². The van der Waals surface area contributed by atoms with E-state index in [2.05, 4.69) is 39.7 Å². The lowest BCUT2D eigenvalue weighted by Crippen LogP contribution is -2.27. The Morgan fingerprint density at radius 1 is 1.54 bits per heavy atom. The van der Waals surface area contributed by atoms with Crippen LogP contribution in [0.3, 0.4) is 0 Å². The Balaban J connectivity index is 2.20. The van der Waals surface area contributed by atoms with Gasteiger partial charge in [0.2, 0.25) is 0 Å². The van der Waals surface area contributed by atoms with E-state index in [4.69, 9.17) is 0 Å². The molecule has 1 heterocycles. The molecule has 1 N–H and O–H groups in total. The van der Waals surface area contributed by atoms with Crippen molar-refractivity contribution < 1.29 is 0 Å². The maximum Gasteiger partial charge on any atom is 0.0317 e. The molecule has 1 aliphatic carbocycles. The summed E-state index contributed by atoms with van der Waals surface area (Å²) < 4.78 is 1.30. The van der Waals surface area contributed by atoms with Gasteiger partial charge in [0.05, 0.1) is 0 Å². The zero-order valence-corrected chi connectivity index (χ0v) is 10.1. The normalized spacial score (nSPS) is 28.2. The topological polar surface area (TPSA) is 12.0 Å². The number of rotatable bonds is 2. The summed E-state index contributed by atoms with van der Waals surface area (Å²) >= 11 is 5.49. The van der Waals surface area contributed by atoms with Crippen molar-refractivity contribution in [3.8, 4) is 0 Å². The van der Waals surface area contributed by atoms with Crippen LogP contribution in [0, 0.1) is 0 Å². The van der Waals surface area contributed by atoms with Crippen molar-refractivity contribution in [3.63, 3.8) is 0 Å². The third-order valence-electron chi connectivity index (χ3n) is 2.87. The lowest BCUT2D eigenvalue weighted by molar-refractivity contribution is 0.526. The summed E-state index contributed by atoms with van der Waals surface area (Å²) in [7, 11) is 2.07. The van der Waals surface area contributed by atoms with Gasteiger partial charge in [0, 0.05) is 21.3 Å². The minimum Gasteiger partial charge on any atom is -0.316 e. The first-order chi connectivity index (χ1) is 6.33. The summed E-state index contributed by atoms with van der Waals surface area (Å²) in [6.45, 7) is 0. The van der Waals surface area contributed by atoms with Crippen LogP contribution in [0.5, 0.6) is 0 Å². The molecular formula is C10H14BrNS. The highest BCUT2D eigenvalue weighted by molar-refractivity contribution is 9.10. The first-order valence-electron chi connectivity index (χ1n) is 4.73. The molecule has 72 valence electrons. The standard InChI is InChI=1S/C10H14BrNS/c1-12-9-4-2-3-7(9)10-8(11)5-6-13-10/h5-7,9,12H,2-4H2,1H3. The van der Waals surface area contributed by atoms with E-state index in [0.29, 0.717) is 6.04 Å². The van der Waals surface area contributed by atoms with E-state index in [1.165, 1.54) is 28.6 Å². The smallest absolute Gasteiger partial charge is 0.0317 e. The molecule has 0 amide bonds. The van der Waals surface area contributed by atoms with Crippen LogP contribution in [-0.2, 0) is 0 Å². The molecule has 2 unspecified atom stereocenters. The maximum absolute atomic E-state index is 3.62. The fourth-order valence-electron chi connectivity index (χ4n) is 2.19. The third kappa shape index (κ3) is 1.83. The molecule has 1 aromatic heterocycles. The number of nitrogens with one attached hydrogen (secondary N) is 1. The van der Waals surface area contributed by atoms with Gasteiger partial charge in [-0.25, -0.2) is 0 Å². The molecule has 2 atom stereocenters. The second-order valence-corrected chi connectivity index (χ2v) is 5.37. The molecular weight excluding hydrogens is 246 g/mol. The molecule has 0 bridgehead atoms. The molecule has 1 aliphatic rings. The zero-order valence-electron chi connectivity index (χ0n) is 7.72. The van der Waals surface area contributed by atoms with Gasteiger partial charge in [0.15, 0.2) is 0 Å². The largest absolute Gasteiger partial charge is 0.316 e. The molecule has 2 rings (SSSR count). The average molecular weight is 260 g/mol. The van der Waals surface area contributed by atoms with Gasteiger partial charge in [-0.3, -0.25) is 0 Å². The minimum atomic E-state index is 0.690. The Labute approximate surface area is 91.7 Å². The van der Waals surface area contributed by atoms with Crippen LogP contribution in [0.4, 0.5) is 0 Å². The summed E-state index contributed by atoms with van der Waals surface area (Å²) in [5.74, 6) is 0.736. The highest BCUT2D eigenvalue weighted by Crippen LogP contribution is 2.40. The van der Waals surface area contributed by atoms with Crippen molar-refractivity contribution in [1.29, 1.82) is 0 Å². The molecule has 0 aliphatic heterocycles. The van der Waals surface area contributed by atoms with Crippen molar-refractivity contribution in [2.24, 2.45) is 0 Å². The summed E-state index contributed by atoms with van der Waals surface area (Å²) in [5.41, 5.74) is 0. The van der Waals surface area contributed by atoms with Crippen molar-refractivity contribution in [3.05, 3.63) is 20.8 Å². The van der Waals surface area contributed by atoms with Gasteiger partial charge >= 0.3 is 0 Å². The van der Waals surface area contributed by atoms with Crippen LogP contribution in [0.15, 0.2) is 15.9 Å². The Bertz CT molecular complexity index is 284. The van der Waals surface area contributed by atoms with Crippen molar-refractivity contribution >= 4 is 27.3 Å². The second-order valence-electron chi connectivity index (χ2n) is 3.57. The number of halogens is 1. The molecule has 1 fully saturated rings. The second kappa shape index (κ2) is 4.11. The van der Waals surface area contributed by atoms with Gasteiger partial charge in [-0.1, -0.05) is 6.42 Å². The summed E-state index contributed by atoms with van der Waals surface area (Å²) in [6.07, 6.45) is 4.02. The van der Waals surface area contributed by atoms with Crippen LogP contribution < -0.4 is 5.32 Å². The zero-order chi connectivity index (χ0) is 9.26. The van der Waals surface area contributed by atoms with Gasteiger partial charge in [-0.05, 0) is 47.3 Å². The fourth-order valence-corrected chi connectivity index (χ4v) is 4.06. The summed E-state index contributed by atoms with van der Waals surface area (Å²) in [6, 6.07) is 2.85. The predicted molar refractivity (Wildman–Crippen MR) is 61.5 cm³/mol. The molecule has 0 aromatic carbocycles. The van der Waals surface area contributed by atoms with Gasteiger partial charge < -0.3 is 5.32 Å². The van der Waals surface area contributed by atoms with Gasteiger partial charge in [-0.15, -0.1) is 11.3 Å². The first-order valence-corrected chi connectivity index (χ1v) is 6.40. The van der Waals surface area contributed by atoms with Gasteiger partial charge in [-0.2, -0.15) is 0 Å². The molecule has 13 heavy (non-hydrogen) atoms. The maximum atomic E-state index is 3.62. The van der Waals surface area contributed by atoms with Crippen molar-refractivity contribution in [1.82, 2.24) is 5.32 Å². The monoisotopic (exact) mass is 259 g/mol. The Kier molecular flexibility index (Phi) is 3.06. The number of hydrogen-bond donors (Lipinski definition) is 1. The number of thiophene rings is 1. The molecule has 1 saturated carbocycles. The van der Waals surface area contributed by atoms with E-state index >= 15 is 0 Å². The predicted octanol–water partition coefficient (Wildman–Crippen LogP) is 3.37. The van der Waals surface area contributed by atoms with Gasteiger partial charge in [0.25, 0.3) is 0 Å². The fraction of sp³-hybridized carbons (Fsp3) is 0.600. The molecule has 0 radical (unpaired) electrons. The Morgan fingerprint density at radius 2 is 2.38 bits per heavy atom. The lowest BCUT2D eigenvalue weighted by Gasteiger charge is -2.17. The molecule has 3 heteroatoms. The number of hydrogen-bond acceptors (Lipinski definition) is 2. The average Bonchev–Trinajstić information content (AvgIpc) is 2.71. The van der Waals surface area contributed by atoms with Crippen molar-refractivity contribution in [2.45, 2.75) is 31.2 Å². The van der Waals surface area contributed by atoms with E-state index in [9.17, 15) is 0 Å². The highest BCUT2D eigenvalue weighted by atomic mass is 79.9. The molecule has 1 aromatic rings. The van der Waals surface area contributed by atoms with Crippen molar-refractivity contribution in [2.75, 3.05) is 7.05 Å². The quantitative estimate of drug-likeness (QED) is 0.859. The third-order valence-corrected chi connectivity index (χ3v) is 4.87. The van der Waals surface area contributed by atoms with E-state index in [1.54, 1.807) is 0 Å². The SMILES string of the molecule is CNC1CCCC1c1sccc1Br. The summed E-state index contributed by atoms with van der Waals surface area (Å²) in [4.78, 5) is 1.52. The highest BCUT2D eigenvalue weighted by Gasteiger charge is 2.29. The van der Waals surface area contributed by atoms with Crippen LogP contribution >= 0.6 is 27.3 Å². The van der Waals surface area contributed by atoms with Crippen LogP contribution in [0.1, 0.15) is 30.1 Å². The Morgan fingerprint density at radius 3 is 3.00 bits per heavy atom. The van der Waals surface area contributed by atoms with E-state index in [-0.39, 0.29) is 0 Å². The molecule has 0 saturated heterocycles.